The van der Waals surface area contributed by atoms with E-state index in [1.54, 1.807) is 11.3 Å². The number of rotatable bonds is 5. The summed E-state index contributed by atoms with van der Waals surface area (Å²) in [4.78, 5) is 2.38. The molecular formula is C15H16ClNOS. The first-order valence-corrected chi connectivity index (χ1v) is 7.77. The molecule has 1 saturated carbocycles. The minimum Gasteiger partial charge on any atom is -0.392 e. The Morgan fingerprint density at radius 1 is 1.26 bits per heavy atom. The molecule has 1 N–H and O–H groups in total. The Hall–Kier alpha value is -1.03. The van der Waals surface area contributed by atoms with E-state index in [9.17, 15) is 0 Å². The second-order valence-corrected chi connectivity index (χ2v) is 6.12. The molecule has 0 saturated heterocycles. The molecule has 1 aliphatic rings. The number of aliphatic hydroxyl groups is 1. The number of thiophene rings is 1. The summed E-state index contributed by atoms with van der Waals surface area (Å²) in [5.74, 6) is 0. The Balaban J connectivity index is 1.87. The Bertz CT molecular complexity index is 551. The number of nitrogens with zero attached hydrogens (tertiary/aromatic N) is 1. The van der Waals surface area contributed by atoms with Gasteiger partial charge in [-0.15, -0.1) is 0 Å². The maximum Gasteiger partial charge on any atom is 0.0682 e. The molecule has 0 unspecified atom stereocenters. The largest absolute Gasteiger partial charge is 0.392 e. The molecule has 1 aliphatic carbocycles. The van der Waals surface area contributed by atoms with Crippen molar-refractivity contribution < 1.29 is 5.11 Å². The molecular weight excluding hydrogens is 278 g/mol. The Kier molecular flexibility index (Phi) is 3.78. The lowest BCUT2D eigenvalue weighted by Crippen LogP contribution is -2.25. The lowest BCUT2D eigenvalue weighted by atomic mass is 10.2. The van der Waals surface area contributed by atoms with Gasteiger partial charge >= 0.3 is 0 Å². The summed E-state index contributed by atoms with van der Waals surface area (Å²) in [5.41, 5.74) is 3.27. The number of halogens is 1. The quantitative estimate of drug-likeness (QED) is 0.898. The van der Waals surface area contributed by atoms with Gasteiger partial charge in [-0.05, 0) is 52.9 Å². The molecule has 1 heterocycles. The lowest BCUT2D eigenvalue weighted by Gasteiger charge is -2.25. The van der Waals surface area contributed by atoms with Crippen molar-refractivity contribution in [3.63, 3.8) is 0 Å². The smallest absolute Gasteiger partial charge is 0.0682 e. The van der Waals surface area contributed by atoms with E-state index in [0.29, 0.717) is 6.04 Å². The molecule has 3 rings (SSSR count). The van der Waals surface area contributed by atoms with Crippen molar-refractivity contribution in [3.05, 3.63) is 51.2 Å². The molecule has 0 amide bonds. The van der Waals surface area contributed by atoms with Crippen molar-refractivity contribution in [2.45, 2.75) is 32.0 Å². The lowest BCUT2D eigenvalue weighted by molar-refractivity contribution is 0.282. The Morgan fingerprint density at radius 2 is 2.11 bits per heavy atom. The molecule has 1 aromatic carbocycles. The molecule has 0 aliphatic heterocycles. The predicted octanol–water partition coefficient (Wildman–Crippen LogP) is 4.06. The predicted molar refractivity (Wildman–Crippen MR) is 80.9 cm³/mol. The number of aliphatic hydroxyl groups excluding tert-OH is 1. The van der Waals surface area contributed by atoms with Crippen LogP contribution in [0.4, 0.5) is 5.69 Å². The van der Waals surface area contributed by atoms with Crippen molar-refractivity contribution in [1.82, 2.24) is 0 Å². The Labute approximate surface area is 122 Å². The first kappa shape index (κ1) is 13.0. The maximum absolute atomic E-state index is 9.15. The van der Waals surface area contributed by atoms with Crippen LogP contribution >= 0.6 is 22.9 Å². The summed E-state index contributed by atoms with van der Waals surface area (Å²) >= 11 is 8.09. The molecule has 2 nitrogen and oxygen atoms in total. The van der Waals surface area contributed by atoms with Crippen LogP contribution in [0.2, 0.25) is 5.02 Å². The highest BCUT2D eigenvalue weighted by Crippen LogP contribution is 2.37. The summed E-state index contributed by atoms with van der Waals surface area (Å²) in [6, 6.07) is 8.61. The maximum atomic E-state index is 9.15. The molecule has 0 bridgehead atoms. The van der Waals surface area contributed by atoms with E-state index in [1.807, 2.05) is 18.2 Å². The third kappa shape index (κ3) is 2.94. The third-order valence-corrected chi connectivity index (χ3v) is 4.46. The van der Waals surface area contributed by atoms with E-state index in [1.165, 1.54) is 18.4 Å². The van der Waals surface area contributed by atoms with E-state index in [2.05, 4.69) is 21.7 Å². The molecule has 4 heteroatoms. The van der Waals surface area contributed by atoms with Gasteiger partial charge < -0.3 is 10.0 Å². The van der Waals surface area contributed by atoms with Gasteiger partial charge in [-0.1, -0.05) is 17.7 Å². The normalized spacial score (nSPS) is 14.6. The van der Waals surface area contributed by atoms with E-state index < -0.39 is 0 Å². The van der Waals surface area contributed by atoms with Crippen molar-refractivity contribution in [2.75, 3.05) is 4.90 Å². The minimum absolute atomic E-state index is 0.0357. The molecule has 0 spiro atoms. The molecule has 100 valence electrons. The van der Waals surface area contributed by atoms with Crippen LogP contribution in [0.3, 0.4) is 0 Å². The van der Waals surface area contributed by atoms with Gasteiger partial charge in [-0.2, -0.15) is 11.3 Å². The SMILES string of the molecule is OCc1ccc(N(Cc2ccsc2)C2CC2)c(Cl)c1. The average Bonchev–Trinajstić information content (AvgIpc) is 3.14. The highest BCUT2D eigenvalue weighted by molar-refractivity contribution is 7.07. The van der Waals surface area contributed by atoms with Crippen LogP contribution in [0.15, 0.2) is 35.0 Å². The number of anilines is 1. The summed E-state index contributed by atoms with van der Waals surface area (Å²) in [6.07, 6.45) is 2.48. The fourth-order valence-corrected chi connectivity index (χ4v) is 3.23. The zero-order valence-electron chi connectivity index (χ0n) is 10.6. The monoisotopic (exact) mass is 293 g/mol. The van der Waals surface area contributed by atoms with Crippen molar-refractivity contribution in [1.29, 1.82) is 0 Å². The van der Waals surface area contributed by atoms with Crippen molar-refractivity contribution >= 4 is 28.6 Å². The molecule has 1 aromatic heterocycles. The standard InChI is InChI=1S/C15H16ClNOS/c16-14-7-11(9-18)1-4-15(14)17(13-2-3-13)8-12-5-6-19-10-12/h1,4-7,10,13,18H,2-3,8-9H2. The first-order chi connectivity index (χ1) is 9.28. The molecule has 0 atom stereocenters. The van der Waals surface area contributed by atoms with E-state index >= 15 is 0 Å². The highest BCUT2D eigenvalue weighted by Gasteiger charge is 2.30. The van der Waals surface area contributed by atoms with Gasteiger partial charge in [0.25, 0.3) is 0 Å². The average molecular weight is 294 g/mol. The summed E-state index contributed by atoms with van der Waals surface area (Å²) in [6.45, 7) is 0.945. The van der Waals surface area contributed by atoms with Crippen molar-refractivity contribution in [3.8, 4) is 0 Å². The first-order valence-electron chi connectivity index (χ1n) is 6.45. The summed E-state index contributed by atoms with van der Waals surface area (Å²) in [7, 11) is 0. The van der Waals surface area contributed by atoms with Crippen molar-refractivity contribution in [2.24, 2.45) is 0 Å². The highest BCUT2D eigenvalue weighted by atomic mass is 35.5. The fraction of sp³-hybridized carbons (Fsp3) is 0.333. The van der Waals surface area contributed by atoms with Crippen LogP contribution in [0.1, 0.15) is 24.0 Å². The second kappa shape index (κ2) is 5.53. The number of hydrogen-bond donors (Lipinski definition) is 1. The van der Waals surface area contributed by atoms with Gasteiger partial charge in [0.1, 0.15) is 0 Å². The van der Waals surface area contributed by atoms with Crippen LogP contribution in [0.25, 0.3) is 0 Å². The van der Waals surface area contributed by atoms with E-state index in [4.69, 9.17) is 16.7 Å². The van der Waals surface area contributed by atoms with Gasteiger partial charge in [0, 0.05) is 12.6 Å². The Morgan fingerprint density at radius 3 is 2.68 bits per heavy atom. The van der Waals surface area contributed by atoms with E-state index in [-0.39, 0.29) is 6.61 Å². The molecule has 1 fully saturated rings. The van der Waals surface area contributed by atoms with Gasteiger partial charge in [0.2, 0.25) is 0 Å². The number of hydrogen-bond acceptors (Lipinski definition) is 3. The third-order valence-electron chi connectivity index (χ3n) is 3.42. The zero-order valence-corrected chi connectivity index (χ0v) is 12.1. The van der Waals surface area contributed by atoms with Crippen LogP contribution in [0, 0.1) is 0 Å². The van der Waals surface area contributed by atoms with Crippen LogP contribution in [-0.4, -0.2) is 11.1 Å². The van der Waals surface area contributed by atoms with Gasteiger partial charge in [0.15, 0.2) is 0 Å². The molecule has 2 aromatic rings. The molecule has 19 heavy (non-hydrogen) atoms. The fourth-order valence-electron chi connectivity index (χ4n) is 2.26. The number of benzene rings is 1. The summed E-state index contributed by atoms with van der Waals surface area (Å²) in [5, 5.41) is 14.2. The topological polar surface area (TPSA) is 23.5 Å². The van der Waals surface area contributed by atoms with Crippen LogP contribution < -0.4 is 4.90 Å². The van der Waals surface area contributed by atoms with Gasteiger partial charge in [0.05, 0.1) is 17.3 Å². The second-order valence-electron chi connectivity index (χ2n) is 4.93. The van der Waals surface area contributed by atoms with Gasteiger partial charge in [-0.25, -0.2) is 0 Å². The van der Waals surface area contributed by atoms with Gasteiger partial charge in [-0.3, -0.25) is 0 Å². The molecule has 0 radical (unpaired) electrons. The van der Waals surface area contributed by atoms with Crippen LogP contribution in [0.5, 0.6) is 0 Å². The summed E-state index contributed by atoms with van der Waals surface area (Å²) < 4.78 is 0. The minimum atomic E-state index is 0.0357. The van der Waals surface area contributed by atoms with E-state index in [0.717, 1.165) is 22.8 Å². The van der Waals surface area contributed by atoms with Crippen LogP contribution in [-0.2, 0) is 13.2 Å². The zero-order chi connectivity index (χ0) is 13.2.